The number of nitrogens with zero attached hydrogens (tertiary/aromatic N) is 1. The van der Waals surface area contributed by atoms with Crippen LogP contribution in [0.3, 0.4) is 0 Å². The third-order valence-corrected chi connectivity index (χ3v) is 1.52. The monoisotopic (exact) mass is 152 g/mol. The second kappa shape index (κ2) is 3.23. The van der Waals surface area contributed by atoms with Crippen molar-refractivity contribution in [1.82, 2.24) is 10.5 Å². The van der Waals surface area contributed by atoms with Crippen LogP contribution in [0.4, 0.5) is 0 Å². The summed E-state index contributed by atoms with van der Waals surface area (Å²) >= 11 is 0. The van der Waals surface area contributed by atoms with Crippen molar-refractivity contribution in [1.29, 1.82) is 0 Å². The van der Waals surface area contributed by atoms with E-state index in [9.17, 15) is 0 Å². The van der Waals surface area contributed by atoms with Gasteiger partial charge in [0.05, 0.1) is 11.4 Å². The van der Waals surface area contributed by atoms with Crippen molar-refractivity contribution in [2.24, 2.45) is 0 Å². The molecule has 1 aromatic heterocycles. The van der Waals surface area contributed by atoms with E-state index >= 15 is 0 Å². The maximum Gasteiger partial charge on any atom is 0.182 e. The molecular formula is C8H12N2O. The lowest BCUT2D eigenvalue weighted by molar-refractivity contribution is 0.401. The summed E-state index contributed by atoms with van der Waals surface area (Å²) in [6, 6.07) is 1.89. The summed E-state index contributed by atoms with van der Waals surface area (Å²) in [5, 5.41) is 6.72. The molecule has 0 aliphatic carbocycles. The Labute approximate surface area is 66.1 Å². The van der Waals surface area contributed by atoms with Gasteiger partial charge in [0.25, 0.3) is 0 Å². The highest BCUT2D eigenvalue weighted by Crippen LogP contribution is 2.10. The Morgan fingerprint density at radius 2 is 2.55 bits per heavy atom. The fourth-order valence-corrected chi connectivity index (χ4v) is 0.744. The third-order valence-electron chi connectivity index (χ3n) is 1.52. The molecule has 1 N–H and O–H groups in total. The van der Waals surface area contributed by atoms with Crippen molar-refractivity contribution in [2.45, 2.75) is 13.3 Å². The minimum absolute atomic E-state index is 0.712. The summed E-state index contributed by atoms with van der Waals surface area (Å²) in [4.78, 5) is 0. The first-order valence-electron chi connectivity index (χ1n) is 3.60. The predicted octanol–water partition coefficient (Wildman–Crippen LogP) is 1.43. The molecule has 0 aromatic carbocycles. The fourth-order valence-electron chi connectivity index (χ4n) is 0.744. The van der Waals surface area contributed by atoms with Gasteiger partial charge in [-0.15, -0.1) is 0 Å². The van der Waals surface area contributed by atoms with Crippen LogP contribution in [0, 0.1) is 0 Å². The van der Waals surface area contributed by atoms with Gasteiger partial charge in [-0.3, -0.25) is 0 Å². The van der Waals surface area contributed by atoms with E-state index < -0.39 is 0 Å². The zero-order chi connectivity index (χ0) is 8.27. The van der Waals surface area contributed by atoms with Crippen LogP contribution in [0.15, 0.2) is 17.2 Å². The van der Waals surface area contributed by atoms with Gasteiger partial charge in [-0.1, -0.05) is 18.7 Å². The van der Waals surface area contributed by atoms with Crippen LogP contribution in [-0.4, -0.2) is 12.2 Å². The van der Waals surface area contributed by atoms with Gasteiger partial charge in [0.2, 0.25) is 0 Å². The Balaban J connectivity index is 2.80. The topological polar surface area (TPSA) is 38.1 Å². The first-order chi connectivity index (χ1) is 5.27. The summed E-state index contributed by atoms with van der Waals surface area (Å²) in [5.74, 6) is 0.712. The molecule has 0 bridgehead atoms. The van der Waals surface area contributed by atoms with Gasteiger partial charge in [-0.2, -0.15) is 0 Å². The van der Waals surface area contributed by atoms with Crippen molar-refractivity contribution in [3.8, 4) is 0 Å². The second-order valence-corrected chi connectivity index (χ2v) is 2.26. The van der Waals surface area contributed by atoms with Crippen LogP contribution in [0.2, 0.25) is 0 Å². The Hall–Kier alpha value is -1.25. The van der Waals surface area contributed by atoms with E-state index in [0.29, 0.717) is 5.76 Å². The van der Waals surface area contributed by atoms with E-state index in [1.54, 1.807) is 7.05 Å². The lowest BCUT2D eigenvalue weighted by atomic mass is 10.3. The molecule has 0 unspecified atom stereocenters. The molecule has 0 aliphatic heterocycles. The molecule has 0 fully saturated rings. The average molecular weight is 152 g/mol. The maximum absolute atomic E-state index is 5.00. The van der Waals surface area contributed by atoms with Crippen molar-refractivity contribution >= 4 is 5.70 Å². The molecule has 60 valence electrons. The van der Waals surface area contributed by atoms with E-state index in [4.69, 9.17) is 4.52 Å². The molecule has 1 rings (SSSR count). The molecule has 0 amide bonds. The van der Waals surface area contributed by atoms with Crippen LogP contribution in [0.1, 0.15) is 18.4 Å². The molecule has 0 atom stereocenters. The van der Waals surface area contributed by atoms with Gasteiger partial charge in [-0.05, 0) is 6.42 Å². The summed E-state index contributed by atoms with van der Waals surface area (Å²) in [5.41, 5.74) is 1.72. The van der Waals surface area contributed by atoms with Gasteiger partial charge in [0.15, 0.2) is 5.76 Å². The minimum Gasteiger partial charge on any atom is -0.386 e. The average Bonchev–Trinajstić information content (AvgIpc) is 2.50. The largest absolute Gasteiger partial charge is 0.386 e. The van der Waals surface area contributed by atoms with Crippen LogP contribution in [-0.2, 0) is 6.42 Å². The van der Waals surface area contributed by atoms with Gasteiger partial charge < -0.3 is 9.84 Å². The highest BCUT2D eigenvalue weighted by Gasteiger charge is 2.03. The van der Waals surface area contributed by atoms with Crippen molar-refractivity contribution in [2.75, 3.05) is 7.05 Å². The van der Waals surface area contributed by atoms with E-state index in [-0.39, 0.29) is 0 Å². The Kier molecular flexibility index (Phi) is 2.31. The highest BCUT2D eigenvalue weighted by atomic mass is 16.5. The van der Waals surface area contributed by atoms with Crippen LogP contribution >= 0.6 is 0 Å². The van der Waals surface area contributed by atoms with E-state index in [1.807, 2.05) is 13.0 Å². The van der Waals surface area contributed by atoms with Gasteiger partial charge in [-0.25, -0.2) is 0 Å². The molecule has 0 spiro atoms. The SMILES string of the molecule is C=C(NC)c1cc(CC)no1. The van der Waals surface area contributed by atoms with Crippen LogP contribution in [0.25, 0.3) is 5.70 Å². The lowest BCUT2D eigenvalue weighted by Crippen LogP contribution is -2.01. The van der Waals surface area contributed by atoms with Crippen molar-refractivity contribution < 1.29 is 4.52 Å². The molecule has 3 nitrogen and oxygen atoms in total. The van der Waals surface area contributed by atoms with Crippen LogP contribution < -0.4 is 5.32 Å². The van der Waals surface area contributed by atoms with Gasteiger partial charge in [0.1, 0.15) is 0 Å². The number of hydrogen-bond donors (Lipinski definition) is 1. The predicted molar refractivity (Wildman–Crippen MR) is 44.0 cm³/mol. The standard InChI is InChI=1S/C8H12N2O/c1-4-7-5-8(11-10-7)6(2)9-3/h5,9H,2,4H2,1,3H3. The van der Waals surface area contributed by atoms with E-state index in [2.05, 4.69) is 17.1 Å². The minimum atomic E-state index is 0.712. The molecule has 0 radical (unpaired) electrons. The molecule has 0 aliphatic rings. The molecule has 3 heteroatoms. The Morgan fingerprint density at radius 3 is 3.00 bits per heavy atom. The number of rotatable bonds is 3. The molecule has 11 heavy (non-hydrogen) atoms. The number of aromatic nitrogens is 1. The summed E-state index contributed by atoms with van der Waals surface area (Å²) in [6.07, 6.45) is 0.889. The number of nitrogens with one attached hydrogen (secondary N) is 1. The van der Waals surface area contributed by atoms with E-state index in [0.717, 1.165) is 17.8 Å². The molecule has 0 saturated carbocycles. The molecule has 1 aromatic rings. The lowest BCUT2D eigenvalue weighted by Gasteiger charge is -1.95. The molecule has 0 saturated heterocycles. The quantitative estimate of drug-likeness (QED) is 0.712. The van der Waals surface area contributed by atoms with E-state index in [1.165, 1.54) is 0 Å². The zero-order valence-electron chi connectivity index (χ0n) is 6.85. The smallest absolute Gasteiger partial charge is 0.182 e. The Bertz CT molecular complexity index is 252. The fraction of sp³-hybridized carbons (Fsp3) is 0.375. The normalized spacial score (nSPS) is 9.64. The second-order valence-electron chi connectivity index (χ2n) is 2.26. The van der Waals surface area contributed by atoms with Gasteiger partial charge >= 0.3 is 0 Å². The van der Waals surface area contributed by atoms with Crippen LogP contribution in [0.5, 0.6) is 0 Å². The number of hydrogen-bond acceptors (Lipinski definition) is 3. The zero-order valence-corrected chi connectivity index (χ0v) is 6.85. The Morgan fingerprint density at radius 1 is 1.82 bits per heavy atom. The summed E-state index contributed by atoms with van der Waals surface area (Å²) in [6.45, 7) is 5.78. The first-order valence-corrected chi connectivity index (χ1v) is 3.60. The molecule has 1 heterocycles. The highest BCUT2D eigenvalue weighted by molar-refractivity contribution is 5.56. The summed E-state index contributed by atoms with van der Waals surface area (Å²) in [7, 11) is 1.80. The van der Waals surface area contributed by atoms with Gasteiger partial charge in [0, 0.05) is 13.1 Å². The maximum atomic E-state index is 5.00. The number of aryl methyl sites for hydroxylation is 1. The van der Waals surface area contributed by atoms with Crippen molar-refractivity contribution in [3.05, 3.63) is 24.1 Å². The third kappa shape index (κ3) is 1.61. The molecular weight excluding hydrogens is 140 g/mol. The van der Waals surface area contributed by atoms with Crippen molar-refractivity contribution in [3.63, 3.8) is 0 Å². The summed E-state index contributed by atoms with van der Waals surface area (Å²) < 4.78 is 5.00. The first kappa shape index (κ1) is 7.85.